The molecule has 0 saturated carbocycles. The maximum Gasteiger partial charge on any atom is 0.132 e. The van der Waals surface area contributed by atoms with Crippen molar-refractivity contribution in [2.24, 2.45) is 0 Å². The van der Waals surface area contributed by atoms with E-state index >= 15 is 0 Å². The first kappa shape index (κ1) is 12.6. The van der Waals surface area contributed by atoms with Crippen molar-refractivity contribution in [2.45, 2.75) is 6.92 Å². The second kappa shape index (κ2) is 5.21. The van der Waals surface area contributed by atoms with Gasteiger partial charge in [0.1, 0.15) is 16.6 Å². The van der Waals surface area contributed by atoms with Gasteiger partial charge in [0.2, 0.25) is 0 Å². The van der Waals surface area contributed by atoms with E-state index in [4.69, 9.17) is 16.9 Å². The van der Waals surface area contributed by atoms with Gasteiger partial charge in [0.05, 0.1) is 11.4 Å². The van der Waals surface area contributed by atoms with E-state index in [0.717, 1.165) is 20.0 Å². The second-order valence-corrected chi connectivity index (χ2v) is 5.71. The van der Waals surface area contributed by atoms with Crippen molar-refractivity contribution in [3.63, 3.8) is 0 Å². The molecule has 0 atom stereocenters. The molecule has 2 aromatic rings. The molecule has 17 heavy (non-hydrogen) atoms. The first-order valence-electron chi connectivity index (χ1n) is 4.70. The van der Waals surface area contributed by atoms with Crippen LogP contribution < -0.4 is 5.32 Å². The van der Waals surface area contributed by atoms with Crippen molar-refractivity contribution in [3.05, 3.63) is 38.0 Å². The van der Waals surface area contributed by atoms with E-state index in [9.17, 15) is 0 Å². The van der Waals surface area contributed by atoms with Crippen molar-refractivity contribution < 1.29 is 0 Å². The van der Waals surface area contributed by atoms with Gasteiger partial charge >= 0.3 is 0 Å². The Balaban J connectivity index is 2.35. The quantitative estimate of drug-likeness (QED) is 0.795. The van der Waals surface area contributed by atoms with Gasteiger partial charge in [-0.3, -0.25) is 0 Å². The minimum absolute atomic E-state index is 0.598. The standard InChI is InChI=1S/C11H7ClIN3S/c1-6-8(5-14)11(17-16-6)15-10-3-2-7(12)4-9(10)13/h2-4,15H,1H3. The number of aryl methyl sites for hydroxylation is 1. The lowest BCUT2D eigenvalue weighted by atomic mass is 10.2. The molecular formula is C11H7ClIN3S. The summed E-state index contributed by atoms with van der Waals surface area (Å²) >= 11 is 9.37. The molecule has 1 heterocycles. The average Bonchev–Trinajstić information content (AvgIpc) is 2.63. The largest absolute Gasteiger partial charge is 0.344 e. The number of rotatable bonds is 2. The summed E-state index contributed by atoms with van der Waals surface area (Å²) in [4.78, 5) is 0. The van der Waals surface area contributed by atoms with Crippen LogP contribution in [-0.4, -0.2) is 4.37 Å². The number of benzene rings is 1. The normalized spacial score (nSPS) is 10.0. The zero-order valence-corrected chi connectivity index (χ0v) is 12.5. The van der Waals surface area contributed by atoms with Gasteiger partial charge < -0.3 is 5.32 Å². The van der Waals surface area contributed by atoms with Crippen molar-refractivity contribution in [1.82, 2.24) is 4.37 Å². The van der Waals surface area contributed by atoms with Gasteiger partial charge in [-0.1, -0.05) is 11.6 Å². The molecule has 1 N–H and O–H groups in total. The van der Waals surface area contributed by atoms with Crippen molar-refractivity contribution in [1.29, 1.82) is 5.26 Å². The molecule has 86 valence electrons. The van der Waals surface area contributed by atoms with Crippen LogP contribution in [0.25, 0.3) is 0 Å². The monoisotopic (exact) mass is 375 g/mol. The Hall–Kier alpha value is -0.840. The van der Waals surface area contributed by atoms with E-state index in [0.29, 0.717) is 10.6 Å². The van der Waals surface area contributed by atoms with Crippen LogP contribution in [0.4, 0.5) is 10.7 Å². The smallest absolute Gasteiger partial charge is 0.132 e. The molecule has 0 aliphatic carbocycles. The molecule has 0 spiro atoms. The van der Waals surface area contributed by atoms with Crippen molar-refractivity contribution in [3.8, 4) is 6.07 Å². The minimum atomic E-state index is 0.598. The molecule has 0 unspecified atom stereocenters. The number of aromatic nitrogens is 1. The number of hydrogen-bond acceptors (Lipinski definition) is 4. The van der Waals surface area contributed by atoms with Gasteiger partial charge in [-0.2, -0.15) is 9.64 Å². The van der Waals surface area contributed by atoms with E-state index in [2.05, 4.69) is 38.4 Å². The topological polar surface area (TPSA) is 48.7 Å². The lowest BCUT2D eigenvalue weighted by molar-refractivity contribution is 1.31. The molecule has 1 aromatic carbocycles. The third-order valence-electron chi connectivity index (χ3n) is 2.15. The van der Waals surface area contributed by atoms with Crippen LogP contribution in [0, 0.1) is 21.8 Å². The summed E-state index contributed by atoms with van der Waals surface area (Å²) in [6.07, 6.45) is 0. The molecule has 0 fully saturated rings. The SMILES string of the molecule is Cc1nsc(Nc2ccc(Cl)cc2I)c1C#N. The fourth-order valence-corrected chi connectivity index (χ4v) is 3.07. The molecule has 6 heteroatoms. The van der Waals surface area contributed by atoms with Gasteiger partial charge in [0.25, 0.3) is 0 Å². The number of anilines is 2. The highest BCUT2D eigenvalue weighted by Crippen LogP contribution is 2.30. The highest BCUT2D eigenvalue weighted by Gasteiger charge is 2.11. The van der Waals surface area contributed by atoms with Gasteiger partial charge in [-0.05, 0) is 59.2 Å². The van der Waals surface area contributed by atoms with Gasteiger partial charge in [0.15, 0.2) is 0 Å². The van der Waals surface area contributed by atoms with Gasteiger partial charge in [-0.25, -0.2) is 0 Å². The van der Waals surface area contributed by atoms with Crippen molar-refractivity contribution >= 4 is 56.4 Å². The molecule has 0 bridgehead atoms. The van der Waals surface area contributed by atoms with Crippen LogP contribution in [0.3, 0.4) is 0 Å². The molecule has 2 rings (SSSR count). The average molecular weight is 376 g/mol. The van der Waals surface area contributed by atoms with E-state index in [1.165, 1.54) is 11.5 Å². The number of halogens is 2. The Morgan fingerprint density at radius 1 is 1.53 bits per heavy atom. The first-order chi connectivity index (χ1) is 8.11. The van der Waals surface area contributed by atoms with Gasteiger partial charge in [0, 0.05) is 8.59 Å². The third-order valence-corrected chi connectivity index (χ3v) is 4.14. The molecule has 0 aliphatic heterocycles. The predicted molar refractivity (Wildman–Crippen MR) is 79.0 cm³/mol. The molecule has 0 radical (unpaired) electrons. The summed E-state index contributed by atoms with van der Waals surface area (Å²) < 4.78 is 5.16. The molecule has 0 aliphatic rings. The van der Waals surface area contributed by atoms with Crippen LogP contribution in [0.1, 0.15) is 11.3 Å². The number of nitriles is 1. The van der Waals surface area contributed by atoms with Crippen LogP contribution in [0.15, 0.2) is 18.2 Å². The van der Waals surface area contributed by atoms with Crippen LogP contribution in [0.2, 0.25) is 5.02 Å². The summed E-state index contributed by atoms with van der Waals surface area (Å²) in [6.45, 7) is 1.83. The maximum atomic E-state index is 9.03. The molecular weight excluding hydrogens is 369 g/mol. The molecule has 1 aromatic heterocycles. The van der Waals surface area contributed by atoms with Crippen molar-refractivity contribution in [2.75, 3.05) is 5.32 Å². The summed E-state index contributed by atoms with van der Waals surface area (Å²) in [5, 5.41) is 13.7. The highest BCUT2D eigenvalue weighted by atomic mass is 127. The number of hydrogen-bond donors (Lipinski definition) is 1. The molecule has 3 nitrogen and oxygen atoms in total. The fraction of sp³-hybridized carbons (Fsp3) is 0.0909. The summed E-state index contributed by atoms with van der Waals surface area (Å²) in [5.41, 5.74) is 2.28. The van der Waals surface area contributed by atoms with Gasteiger partial charge in [-0.15, -0.1) is 0 Å². The maximum absolute atomic E-state index is 9.03. The predicted octanol–water partition coefficient (Wildman–Crippen LogP) is 4.32. The Bertz CT molecular complexity index is 603. The molecule has 0 amide bonds. The summed E-state index contributed by atoms with van der Waals surface area (Å²) in [7, 11) is 0. The van der Waals surface area contributed by atoms with Crippen LogP contribution in [-0.2, 0) is 0 Å². The lowest BCUT2D eigenvalue weighted by Crippen LogP contribution is -1.93. The third kappa shape index (κ3) is 2.70. The highest BCUT2D eigenvalue weighted by molar-refractivity contribution is 14.1. The Kier molecular flexibility index (Phi) is 3.86. The van der Waals surface area contributed by atoms with E-state index in [1.807, 2.05) is 25.1 Å². The lowest BCUT2D eigenvalue weighted by Gasteiger charge is -2.06. The van der Waals surface area contributed by atoms with E-state index in [-0.39, 0.29) is 0 Å². The Morgan fingerprint density at radius 3 is 2.94 bits per heavy atom. The zero-order valence-electron chi connectivity index (χ0n) is 8.79. The van der Waals surface area contributed by atoms with E-state index in [1.54, 1.807) is 0 Å². The minimum Gasteiger partial charge on any atom is -0.344 e. The zero-order chi connectivity index (χ0) is 12.4. The van der Waals surface area contributed by atoms with Crippen LogP contribution >= 0.6 is 45.7 Å². The Labute approximate surface area is 122 Å². The van der Waals surface area contributed by atoms with Crippen LogP contribution in [0.5, 0.6) is 0 Å². The number of nitrogens with zero attached hydrogens (tertiary/aromatic N) is 2. The first-order valence-corrected chi connectivity index (χ1v) is 6.93. The number of nitrogens with one attached hydrogen (secondary N) is 1. The van der Waals surface area contributed by atoms with E-state index < -0.39 is 0 Å². The second-order valence-electron chi connectivity index (χ2n) is 3.33. The Morgan fingerprint density at radius 2 is 2.29 bits per heavy atom. The fourth-order valence-electron chi connectivity index (χ4n) is 1.30. The molecule has 0 saturated heterocycles. The summed E-state index contributed by atoms with van der Waals surface area (Å²) in [5.74, 6) is 0. The summed E-state index contributed by atoms with van der Waals surface area (Å²) in [6, 6.07) is 7.72.